The van der Waals surface area contributed by atoms with Crippen molar-refractivity contribution in [2.45, 2.75) is 46.3 Å². The van der Waals surface area contributed by atoms with E-state index in [9.17, 15) is 14.8 Å². The fourth-order valence-electron chi connectivity index (χ4n) is 2.05. The van der Waals surface area contributed by atoms with Gasteiger partial charge in [0.1, 0.15) is 0 Å². The maximum Gasteiger partial charge on any atom is 0.330 e. The molecule has 2 unspecified atom stereocenters. The van der Waals surface area contributed by atoms with Crippen molar-refractivity contribution in [1.82, 2.24) is 4.90 Å². The third kappa shape index (κ3) is 9.86. The molecule has 0 saturated heterocycles. The van der Waals surface area contributed by atoms with E-state index in [4.69, 9.17) is 9.05 Å². The van der Waals surface area contributed by atoms with Gasteiger partial charge in [-0.3, -0.25) is 9.46 Å². The van der Waals surface area contributed by atoms with Crippen LogP contribution in [0.5, 0.6) is 0 Å². The summed E-state index contributed by atoms with van der Waals surface area (Å²) in [7, 11) is -3.00. The summed E-state index contributed by atoms with van der Waals surface area (Å²) in [5, 5.41) is 18.9. The van der Waals surface area contributed by atoms with E-state index in [1.807, 2.05) is 4.90 Å². The monoisotopic (exact) mass is 311 g/mol. The van der Waals surface area contributed by atoms with Gasteiger partial charge in [0.15, 0.2) is 0 Å². The Morgan fingerprint density at radius 1 is 1.05 bits per heavy atom. The summed E-state index contributed by atoms with van der Waals surface area (Å²) >= 11 is 0. The molecule has 6 nitrogen and oxygen atoms in total. The van der Waals surface area contributed by atoms with Gasteiger partial charge in [-0.15, -0.1) is 0 Å². The van der Waals surface area contributed by atoms with Gasteiger partial charge in [-0.2, -0.15) is 0 Å². The first-order valence-corrected chi connectivity index (χ1v) is 9.02. The van der Waals surface area contributed by atoms with Gasteiger partial charge < -0.3 is 19.3 Å². The molecule has 0 heterocycles. The number of aliphatic hydroxyl groups is 2. The number of hydrogen-bond acceptors (Lipinski definition) is 6. The van der Waals surface area contributed by atoms with Crippen molar-refractivity contribution in [3.63, 3.8) is 0 Å². The van der Waals surface area contributed by atoms with E-state index < -0.39 is 19.8 Å². The average Bonchev–Trinajstić information content (AvgIpc) is 2.27. The Morgan fingerprint density at radius 2 is 1.50 bits per heavy atom. The second kappa shape index (κ2) is 10.7. The number of hydrogen-bond donors (Lipinski definition) is 2. The molecule has 0 aromatic rings. The average molecular weight is 311 g/mol. The lowest BCUT2D eigenvalue weighted by atomic mass is 10.3. The molecule has 20 heavy (non-hydrogen) atoms. The maximum absolute atomic E-state index is 12.3. The Hall–Kier alpha value is 0.0300. The lowest BCUT2D eigenvalue weighted by molar-refractivity contribution is 0.0835. The molecule has 0 rings (SSSR count). The van der Waals surface area contributed by atoms with E-state index in [1.54, 1.807) is 27.7 Å². The SMILES string of the molecule is CCOP(=O)(CCCN(CC(C)O)CC(C)O)OCC. The quantitative estimate of drug-likeness (QED) is 0.534. The largest absolute Gasteiger partial charge is 0.392 e. The molecule has 0 aliphatic heterocycles. The molecular formula is C13H30NO5P. The Balaban J connectivity index is 4.28. The fourth-order valence-corrected chi connectivity index (χ4v) is 3.70. The standard InChI is InChI=1S/C13H30NO5P/c1-5-18-20(17,19-6-2)9-7-8-14(10-12(3)15)11-13(4)16/h12-13,15-16H,5-11H2,1-4H3. The fraction of sp³-hybridized carbons (Fsp3) is 1.00. The topological polar surface area (TPSA) is 79.2 Å². The highest BCUT2D eigenvalue weighted by atomic mass is 31.2. The van der Waals surface area contributed by atoms with Crippen molar-refractivity contribution in [1.29, 1.82) is 0 Å². The molecular weight excluding hydrogens is 281 g/mol. The van der Waals surface area contributed by atoms with Gasteiger partial charge in [-0.25, -0.2) is 0 Å². The van der Waals surface area contributed by atoms with Crippen LogP contribution in [0.25, 0.3) is 0 Å². The molecule has 122 valence electrons. The highest BCUT2D eigenvalue weighted by molar-refractivity contribution is 7.53. The van der Waals surface area contributed by atoms with Crippen molar-refractivity contribution in [2.24, 2.45) is 0 Å². The second-order valence-electron chi connectivity index (χ2n) is 4.98. The summed E-state index contributed by atoms with van der Waals surface area (Å²) in [5.41, 5.74) is 0. The maximum atomic E-state index is 12.3. The molecule has 0 bridgehead atoms. The molecule has 0 fully saturated rings. The molecule has 2 atom stereocenters. The molecule has 0 aromatic carbocycles. The molecule has 0 saturated carbocycles. The number of nitrogens with zero attached hydrogens (tertiary/aromatic N) is 1. The molecule has 0 aliphatic rings. The lowest BCUT2D eigenvalue weighted by Gasteiger charge is -2.25. The van der Waals surface area contributed by atoms with Gasteiger partial charge in [0.05, 0.1) is 31.6 Å². The van der Waals surface area contributed by atoms with Crippen LogP contribution in [0.4, 0.5) is 0 Å². The summed E-state index contributed by atoms with van der Waals surface area (Å²) in [6.45, 7) is 9.33. The summed E-state index contributed by atoms with van der Waals surface area (Å²) in [6.07, 6.45) is 0.0697. The van der Waals surface area contributed by atoms with E-state index in [0.717, 1.165) is 0 Å². The van der Waals surface area contributed by atoms with Crippen molar-refractivity contribution in [3.8, 4) is 0 Å². The zero-order valence-corrected chi connectivity index (χ0v) is 14.0. The number of aliphatic hydroxyl groups excluding tert-OH is 2. The predicted octanol–water partition coefficient (Wildman–Crippen LogP) is 1.71. The van der Waals surface area contributed by atoms with Crippen LogP contribution >= 0.6 is 7.60 Å². The molecule has 2 N–H and O–H groups in total. The van der Waals surface area contributed by atoms with Crippen LogP contribution in [0.15, 0.2) is 0 Å². The highest BCUT2D eigenvalue weighted by Gasteiger charge is 2.23. The number of rotatable bonds is 12. The van der Waals surface area contributed by atoms with E-state index in [0.29, 0.717) is 45.4 Å². The normalized spacial score (nSPS) is 15.6. The smallest absolute Gasteiger partial charge is 0.330 e. The van der Waals surface area contributed by atoms with Crippen molar-refractivity contribution in [3.05, 3.63) is 0 Å². The Labute approximate surface area is 122 Å². The molecule has 0 amide bonds. The summed E-state index contributed by atoms with van der Waals surface area (Å²) in [5.74, 6) is 0. The first-order valence-electron chi connectivity index (χ1n) is 7.29. The highest BCUT2D eigenvalue weighted by Crippen LogP contribution is 2.48. The van der Waals surface area contributed by atoms with Crippen LogP contribution in [-0.2, 0) is 13.6 Å². The molecule has 7 heteroatoms. The van der Waals surface area contributed by atoms with Crippen LogP contribution in [-0.4, -0.2) is 66.3 Å². The van der Waals surface area contributed by atoms with Gasteiger partial charge >= 0.3 is 7.60 Å². The minimum absolute atomic E-state index is 0.352. The van der Waals surface area contributed by atoms with E-state index in [2.05, 4.69) is 0 Å². The molecule has 0 aliphatic carbocycles. The van der Waals surface area contributed by atoms with Gasteiger partial charge in [0.2, 0.25) is 0 Å². The van der Waals surface area contributed by atoms with Gasteiger partial charge in [0, 0.05) is 13.1 Å². The Morgan fingerprint density at radius 3 is 1.85 bits per heavy atom. The van der Waals surface area contributed by atoms with Crippen molar-refractivity contribution < 1.29 is 23.8 Å². The summed E-state index contributed by atoms with van der Waals surface area (Å²) in [4.78, 5) is 1.96. The van der Waals surface area contributed by atoms with Crippen LogP contribution < -0.4 is 0 Å². The van der Waals surface area contributed by atoms with E-state index >= 15 is 0 Å². The molecule has 0 aromatic heterocycles. The Bertz CT molecular complexity index is 266. The predicted molar refractivity (Wildman–Crippen MR) is 80.1 cm³/mol. The first-order chi connectivity index (χ1) is 9.33. The van der Waals surface area contributed by atoms with E-state index in [1.165, 1.54) is 0 Å². The summed E-state index contributed by atoms with van der Waals surface area (Å²) < 4.78 is 22.7. The minimum atomic E-state index is -3.00. The van der Waals surface area contributed by atoms with Crippen LogP contribution in [0, 0.1) is 0 Å². The van der Waals surface area contributed by atoms with Crippen LogP contribution in [0.1, 0.15) is 34.1 Å². The third-order valence-corrected chi connectivity index (χ3v) is 4.77. The van der Waals surface area contributed by atoms with E-state index in [-0.39, 0.29) is 0 Å². The third-order valence-electron chi connectivity index (χ3n) is 2.60. The molecule has 0 spiro atoms. The minimum Gasteiger partial charge on any atom is -0.392 e. The van der Waals surface area contributed by atoms with Crippen LogP contribution in [0.3, 0.4) is 0 Å². The van der Waals surface area contributed by atoms with Gasteiger partial charge in [0.25, 0.3) is 0 Å². The van der Waals surface area contributed by atoms with Gasteiger partial charge in [-0.1, -0.05) is 0 Å². The lowest BCUT2D eigenvalue weighted by Crippen LogP contribution is -2.37. The Kier molecular flexibility index (Phi) is 10.7. The zero-order chi connectivity index (χ0) is 15.6. The second-order valence-corrected chi connectivity index (χ2v) is 7.17. The summed E-state index contributed by atoms with van der Waals surface area (Å²) in [6, 6.07) is 0. The van der Waals surface area contributed by atoms with Crippen molar-refractivity contribution in [2.75, 3.05) is 39.0 Å². The first kappa shape index (κ1) is 20.0. The molecule has 0 radical (unpaired) electrons. The zero-order valence-electron chi connectivity index (χ0n) is 13.1. The van der Waals surface area contributed by atoms with Gasteiger partial charge in [-0.05, 0) is 40.7 Å². The van der Waals surface area contributed by atoms with Crippen LogP contribution in [0.2, 0.25) is 0 Å². The van der Waals surface area contributed by atoms with Crippen molar-refractivity contribution >= 4 is 7.60 Å².